The normalized spacial score (nSPS) is 37.5. The maximum Gasteiger partial charge on any atom is 0.0972 e. The van der Waals surface area contributed by atoms with Gasteiger partial charge in [0.2, 0.25) is 0 Å². The van der Waals surface area contributed by atoms with Gasteiger partial charge >= 0.3 is 0 Å². The van der Waals surface area contributed by atoms with Gasteiger partial charge in [-0.3, -0.25) is 0 Å². The first-order valence-corrected chi connectivity index (χ1v) is 6.82. The molecule has 1 fully saturated rings. The van der Waals surface area contributed by atoms with Crippen LogP contribution in [0.1, 0.15) is 32.1 Å². The molecule has 2 unspecified atom stereocenters. The zero-order chi connectivity index (χ0) is 9.53. The summed E-state index contributed by atoms with van der Waals surface area (Å²) in [5, 5.41) is 0. The highest BCUT2D eigenvalue weighted by molar-refractivity contribution is 6.65. The van der Waals surface area contributed by atoms with Crippen LogP contribution in [0.5, 0.6) is 0 Å². The van der Waals surface area contributed by atoms with Gasteiger partial charge in [-0.05, 0) is 43.4 Å². The molecule has 74 valence electrons. The molecule has 13 heavy (non-hydrogen) atoms. The highest BCUT2D eigenvalue weighted by atomic mass is 35.5. The minimum atomic E-state index is -0.400. The molecular formula is C10H16Cl2Si. The molecule has 2 bridgehead atoms. The molecule has 0 radical (unpaired) electrons. The van der Waals surface area contributed by atoms with Gasteiger partial charge in [-0.15, -0.1) is 23.2 Å². The highest BCUT2D eigenvalue weighted by Crippen LogP contribution is 2.52. The van der Waals surface area contributed by atoms with Crippen LogP contribution in [0.25, 0.3) is 0 Å². The summed E-state index contributed by atoms with van der Waals surface area (Å²) < 4.78 is -0.400. The topological polar surface area (TPSA) is 0 Å². The van der Waals surface area contributed by atoms with E-state index < -0.39 is 3.96 Å². The summed E-state index contributed by atoms with van der Waals surface area (Å²) in [7, 11) is 0.870. The number of alkyl halides is 2. The van der Waals surface area contributed by atoms with E-state index in [1.807, 2.05) is 0 Å². The van der Waals surface area contributed by atoms with Gasteiger partial charge in [0.15, 0.2) is 0 Å². The molecule has 2 aliphatic rings. The minimum absolute atomic E-state index is 0.400. The van der Waals surface area contributed by atoms with Crippen molar-refractivity contribution in [1.29, 1.82) is 0 Å². The summed E-state index contributed by atoms with van der Waals surface area (Å²) in [5.74, 6) is 0.870. The van der Waals surface area contributed by atoms with Crippen LogP contribution < -0.4 is 0 Å². The van der Waals surface area contributed by atoms with Gasteiger partial charge in [-0.25, -0.2) is 0 Å². The van der Waals surface area contributed by atoms with E-state index in [0.717, 1.165) is 22.6 Å². The maximum absolute atomic E-state index is 6.05. The van der Waals surface area contributed by atoms with E-state index in [1.54, 1.807) is 0 Å². The first kappa shape index (κ1) is 10.1. The molecule has 0 saturated heterocycles. The number of hydrogen-bond acceptors (Lipinski definition) is 0. The monoisotopic (exact) mass is 234 g/mol. The molecule has 0 spiro atoms. The van der Waals surface area contributed by atoms with E-state index in [9.17, 15) is 0 Å². The highest BCUT2D eigenvalue weighted by Gasteiger charge is 2.40. The van der Waals surface area contributed by atoms with Crippen LogP contribution in [0, 0.1) is 11.3 Å². The van der Waals surface area contributed by atoms with Crippen molar-refractivity contribution in [2.24, 2.45) is 11.3 Å². The molecule has 0 N–H and O–H groups in total. The second-order valence-corrected chi connectivity index (χ2v) is 9.63. The second-order valence-electron chi connectivity index (χ2n) is 4.79. The fourth-order valence-electron chi connectivity index (χ4n) is 2.63. The quantitative estimate of drug-likeness (QED) is 0.401. The predicted molar refractivity (Wildman–Crippen MR) is 62.5 cm³/mol. The average Bonchev–Trinajstić information content (AvgIpc) is 2.59. The van der Waals surface area contributed by atoms with E-state index in [4.69, 9.17) is 23.2 Å². The van der Waals surface area contributed by atoms with Gasteiger partial charge in [-0.2, -0.15) is 0 Å². The minimum Gasteiger partial charge on any atom is -0.107 e. The van der Waals surface area contributed by atoms with Crippen molar-refractivity contribution in [1.82, 2.24) is 0 Å². The van der Waals surface area contributed by atoms with Gasteiger partial charge in [0.1, 0.15) is 0 Å². The number of rotatable bonds is 3. The Balaban J connectivity index is 1.92. The Bertz CT molecular complexity index is 232. The Hall–Kier alpha value is 0.537. The average molecular weight is 235 g/mol. The summed E-state index contributed by atoms with van der Waals surface area (Å²) in [6.07, 6.45) is 11.1. The fourth-order valence-corrected chi connectivity index (χ4v) is 3.07. The van der Waals surface area contributed by atoms with Gasteiger partial charge < -0.3 is 0 Å². The Morgan fingerprint density at radius 2 is 2.31 bits per heavy atom. The van der Waals surface area contributed by atoms with E-state index in [2.05, 4.69) is 12.2 Å². The van der Waals surface area contributed by atoms with Gasteiger partial charge in [0.25, 0.3) is 0 Å². The van der Waals surface area contributed by atoms with E-state index in [1.165, 1.54) is 25.7 Å². The molecule has 1 saturated carbocycles. The summed E-state index contributed by atoms with van der Waals surface area (Å²) in [6, 6.07) is 0. The Morgan fingerprint density at radius 1 is 1.54 bits per heavy atom. The molecule has 0 aromatic heterocycles. The third-order valence-electron chi connectivity index (χ3n) is 3.47. The SMILES string of the molecule is [SiH3]C(Cl)(Cl)CCC12C=CC(CC1)C2. The molecular weight excluding hydrogens is 219 g/mol. The lowest BCUT2D eigenvalue weighted by atomic mass is 9.83. The first-order chi connectivity index (χ1) is 5.99. The third kappa shape index (κ3) is 2.31. The Labute approximate surface area is 93.1 Å². The van der Waals surface area contributed by atoms with Crippen molar-refractivity contribution in [2.75, 3.05) is 0 Å². The van der Waals surface area contributed by atoms with Crippen LogP contribution in [0.3, 0.4) is 0 Å². The van der Waals surface area contributed by atoms with Gasteiger partial charge in [-0.1, -0.05) is 12.2 Å². The summed E-state index contributed by atoms with van der Waals surface area (Å²) >= 11 is 12.1. The predicted octanol–water partition coefficient (Wildman–Crippen LogP) is 2.62. The molecule has 0 heterocycles. The zero-order valence-electron chi connectivity index (χ0n) is 8.02. The first-order valence-electron chi connectivity index (χ1n) is 5.06. The van der Waals surface area contributed by atoms with Crippen LogP contribution in [0.2, 0.25) is 0 Å². The summed E-state index contributed by atoms with van der Waals surface area (Å²) in [4.78, 5) is 0. The summed E-state index contributed by atoms with van der Waals surface area (Å²) in [5.41, 5.74) is 0.490. The van der Waals surface area contributed by atoms with E-state index >= 15 is 0 Å². The van der Waals surface area contributed by atoms with Crippen LogP contribution in [0.4, 0.5) is 0 Å². The Kier molecular flexibility index (Phi) is 2.54. The number of allylic oxidation sites excluding steroid dienone is 2. The van der Waals surface area contributed by atoms with Crippen molar-refractivity contribution in [3.8, 4) is 0 Å². The number of halogens is 2. The summed E-state index contributed by atoms with van der Waals surface area (Å²) in [6.45, 7) is 0. The third-order valence-corrected chi connectivity index (χ3v) is 4.34. The standard InChI is InChI=1S/C10H16Cl2Si/c11-10(12,13)6-5-9-3-1-8(7-9)2-4-9/h1,3,8H,2,4-7H2,13H3. The second kappa shape index (κ2) is 3.29. The van der Waals surface area contributed by atoms with Gasteiger partial charge in [0, 0.05) is 10.2 Å². The largest absolute Gasteiger partial charge is 0.107 e. The van der Waals surface area contributed by atoms with E-state index in [-0.39, 0.29) is 0 Å². The van der Waals surface area contributed by atoms with Crippen LogP contribution in [-0.4, -0.2) is 14.2 Å². The van der Waals surface area contributed by atoms with Crippen molar-refractivity contribution >= 4 is 33.4 Å². The van der Waals surface area contributed by atoms with Gasteiger partial charge in [0.05, 0.1) is 3.96 Å². The lowest BCUT2D eigenvalue weighted by molar-refractivity contribution is 0.360. The molecule has 0 aliphatic heterocycles. The molecule has 0 aromatic carbocycles. The maximum atomic E-state index is 6.05. The number of hydrogen-bond donors (Lipinski definition) is 0. The lowest BCUT2D eigenvalue weighted by Crippen LogP contribution is -2.19. The smallest absolute Gasteiger partial charge is 0.0972 e. The molecule has 0 nitrogen and oxygen atoms in total. The zero-order valence-corrected chi connectivity index (χ0v) is 11.5. The van der Waals surface area contributed by atoms with Crippen molar-refractivity contribution < 1.29 is 0 Å². The fraction of sp³-hybridized carbons (Fsp3) is 0.800. The molecule has 0 aromatic rings. The lowest BCUT2D eigenvalue weighted by Gasteiger charge is -2.26. The molecule has 3 heteroatoms. The molecule has 2 aliphatic carbocycles. The Morgan fingerprint density at radius 3 is 2.69 bits per heavy atom. The van der Waals surface area contributed by atoms with Crippen molar-refractivity contribution in [3.63, 3.8) is 0 Å². The van der Waals surface area contributed by atoms with Crippen LogP contribution >= 0.6 is 23.2 Å². The number of fused-ring (bicyclic) bond motifs is 2. The van der Waals surface area contributed by atoms with Crippen molar-refractivity contribution in [2.45, 2.75) is 36.1 Å². The van der Waals surface area contributed by atoms with Crippen LogP contribution in [0.15, 0.2) is 12.2 Å². The van der Waals surface area contributed by atoms with Crippen LogP contribution in [-0.2, 0) is 0 Å². The molecule has 2 rings (SSSR count). The van der Waals surface area contributed by atoms with E-state index in [0.29, 0.717) is 5.41 Å². The molecule has 2 atom stereocenters. The molecule has 0 amide bonds. The van der Waals surface area contributed by atoms with Crippen molar-refractivity contribution in [3.05, 3.63) is 12.2 Å².